The lowest BCUT2D eigenvalue weighted by atomic mass is 9.78. The van der Waals surface area contributed by atoms with Gasteiger partial charge in [-0.1, -0.05) is 0 Å². The van der Waals surface area contributed by atoms with E-state index in [0.29, 0.717) is 0 Å². The standard InChI is InChI=1S/C14H25N3O7/c1-6(19)17-7(5-18)3-14(11(17)13(23)16-2)12(22)10(21)9(20)8(4-15)24-14/h7-12,18,20-22H,3-5,15H2,1-2H3,(H,16,23)/t7-,8+,9+,10-,11+,12?,14-/m0/s1. The second-order valence-corrected chi connectivity index (χ2v) is 6.26. The summed E-state index contributed by atoms with van der Waals surface area (Å²) in [5.41, 5.74) is 3.88. The molecule has 24 heavy (non-hydrogen) atoms. The number of nitrogens with two attached hydrogens (primary N) is 1. The SMILES string of the molecule is CNC(=O)[C@H]1N(C(C)=O)[C@H](CO)C[C@]12O[C@H](CN)[C@@H](O)[C@H](O)C2O. The maximum absolute atomic E-state index is 12.4. The van der Waals surface area contributed by atoms with Gasteiger partial charge in [0.05, 0.1) is 18.8 Å². The molecule has 10 heteroatoms. The quantitative estimate of drug-likeness (QED) is 0.300. The van der Waals surface area contributed by atoms with Crippen molar-refractivity contribution in [3.05, 3.63) is 0 Å². The van der Waals surface area contributed by atoms with E-state index in [1.54, 1.807) is 0 Å². The van der Waals surface area contributed by atoms with Gasteiger partial charge >= 0.3 is 0 Å². The highest BCUT2D eigenvalue weighted by Crippen LogP contribution is 2.44. The smallest absolute Gasteiger partial charge is 0.245 e. The second kappa shape index (κ2) is 6.90. The minimum atomic E-state index is -1.68. The summed E-state index contributed by atoms with van der Waals surface area (Å²) in [6, 6.07) is -2.05. The van der Waals surface area contributed by atoms with Gasteiger partial charge in [0.25, 0.3) is 0 Å². The van der Waals surface area contributed by atoms with Crippen LogP contribution in [0.25, 0.3) is 0 Å². The molecule has 0 aromatic heterocycles. The van der Waals surface area contributed by atoms with Crippen LogP contribution in [0.3, 0.4) is 0 Å². The van der Waals surface area contributed by atoms with Crippen molar-refractivity contribution < 1.29 is 34.8 Å². The van der Waals surface area contributed by atoms with Crippen LogP contribution in [0.2, 0.25) is 0 Å². The summed E-state index contributed by atoms with van der Waals surface area (Å²) < 4.78 is 5.78. The molecule has 0 bridgehead atoms. The van der Waals surface area contributed by atoms with E-state index in [9.17, 15) is 30.0 Å². The Morgan fingerprint density at radius 3 is 2.42 bits per heavy atom. The minimum Gasteiger partial charge on any atom is -0.394 e. The maximum Gasteiger partial charge on any atom is 0.245 e. The number of likely N-dealkylation sites (N-methyl/N-ethyl adjacent to an activating group) is 1. The Bertz CT molecular complexity index is 503. The molecule has 138 valence electrons. The first-order valence-electron chi connectivity index (χ1n) is 7.78. The highest BCUT2D eigenvalue weighted by Gasteiger charge is 2.66. The lowest BCUT2D eigenvalue weighted by molar-refractivity contribution is -0.269. The molecule has 2 aliphatic rings. The summed E-state index contributed by atoms with van der Waals surface area (Å²) in [5, 5.41) is 42.8. The normalized spacial score (nSPS) is 42.4. The molecule has 2 aliphatic heterocycles. The number of aliphatic hydroxyl groups excluding tert-OH is 4. The molecule has 2 fully saturated rings. The van der Waals surface area contributed by atoms with Gasteiger partial charge in [-0.15, -0.1) is 0 Å². The number of aliphatic hydroxyl groups is 4. The monoisotopic (exact) mass is 347 g/mol. The van der Waals surface area contributed by atoms with Crippen LogP contribution in [0, 0.1) is 0 Å². The van der Waals surface area contributed by atoms with Gasteiger partial charge < -0.3 is 41.1 Å². The summed E-state index contributed by atoms with van der Waals surface area (Å²) in [7, 11) is 1.36. The van der Waals surface area contributed by atoms with Crippen LogP contribution >= 0.6 is 0 Å². The number of ether oxygens (including phenoxy) is 1. The van der Waals surface area contributed by atoms with E-state index in [1.165, 1.54) is 14.0 Å². The number of carbonyl (C=O) groups is 2. The molecule has 1 unspecified atom stereocenters. The summed E-state index contributed by atoms with van der Waals surface area (Å²) in [6.07, 6.45) is -5.79. The van der Waals surface area contributed by atoms with Gasteiger partial charge in [-0.25, -0.2) is 0 Å². The zero-order chi connectivity index (χ0) is 18.2. The Kier molecular flexibility index (Phi) is 5.47. The Morgan fingerprint density at radius 1 is 1.33 bits per heavy atom. The van der Waals surface area contributed by atoms with Crippen molar-refractivity contribution in [2.75, 3.05) is 20.2 Å². The van der Waals surface area contributed by atoms with Gasteiger partial charge in [-0.05, 0) is 0 Å². The fraction of sp³-hybridized carbons (Fsp3) is 0.857. The highest BCUT2D eigenvalue weighted by atomic mass is 16.6. The van der Waals surface area contributed by atoms with Crippen LogP contribution in [0.15, 0.2) is 0 Å². The Balaban J connectivity index is 2.54. The first kappa shape index (κ1) is 19.0. The van der Waals surface area contributed by atoms with Gasteiger partial charge in [-0.2, -0.15) is 0 Å². The number of carbonyl (C=O) groups excluding carboxylic acids is 2. The molecule has 2 rings (SSSR count). The van der Waals surface area contributed by atoms with Crippen LogP contribution in [0.1, 0.15) is 13.3 Å². The lowest BCUT2D eigenvalue weighted by Crippen LogP contribution is -2.71. The van der Waals surface area contributed by atoms with Crippen LogP contribution in [0.5, 0.6) is 0 Å². The zero-order valence-electron chi connectivity index (χ0n) is 13.6. The number of likely N-dealkylation sites (tertiary alicyclic amines) is 1. The van der Waals surface area contributed by atoms with Gasteiger partial charge in [0.1, 0.15) is 30.0 Å². The zero-order valence-corrected chi connectivity index (χ0v) is 13.6. The van der Waals surface area contributed by atoms with Crippen molar-refractivity contribution in [3.8, 4) is 0 Å². The van der Waals surface area contributed by atoms with E-state index in [1.807, 2.05) is 0 Å². The van der Waals surface area contributed by atoms with Gasteiger partial charge in [-0.3, -0.25) is 9.59 Å². The molecule has 1 spiro atoms. The van der Waals surface area contributed by atoms with Gasteiger partial charge in [0.2, 0.25) is 11.8 Å². The number of rotatable bonds is 3. The van der Waals surface area contributed by atoms with Gasteiger partial charge in [0, 0.05) is 26.9 Å². The first-order chi connectivity index (χ1) is 11.2. The number of hydrogen-bond acceptors (Lipinski definition) is 8. The van der Waals surface area contributed by atoms with E-state index in [-0.39, 0.29) is 13.0 Å². The third kappa shape index (κ3) is 2.68. The minimum absolute atomic E-state index is 0.0807. The number of nitrogens with one attached hydrogen (secondary N) is 1. The highest BCUT2D eigenvalue weighted by molar-refractivity contribution is 5.89. The van der Waals surface area contributed by atoms with Crippen molar-refractivity contribution in [1.82, 2.24) is 10.2 Å². The van der Waals surface area contributed by atoms with Crippen LogP contribution in [-0.4, -0.2) is 99.4 Å². The molecule has 7 atom stereocenters. The average molecular weight is 347 g/mol. The average Bonchev–Trinajstić information content (AvgIpc) is 2.91. The third-order valence-electron chi connectivity index (χ3n) is 4.92. The Morgan fingerprint density at radius 2 is 1.96 bits per heavy atom. The fourth-order valence-electron chi connectivity index (χ4n) is 3.80. The van der Waals surface area contributed by atoms with Crippen LogP contribution in [0.4, 0.5) is 0 Å². The van der Waals surface area contributed by atoms with Crippen molar-refractivity contribution >= 4 is 11.8 Å². The molecule has 0 radical (unpaired) electrons. The molecule has 2 heterocycles. The summed E-state index contributed by atoms with van der Waals surface area (Å²) >= 11 is 0. The molecule has 0 aromatic carbocycles. The molecule has 0 saturated carbocycles. The van der Waals surface area contributed by atoms with E-state index < -0.39 is 60.5 Å². The molecule has 10 nitrogen and oxygen atoms in total. The molecular formula is C14H25N3O7. The molecule has 7 N–H and O–H groups in total. The van der Waals surface area contributed by atoms with Crippen LogP contribution in [-0.2, 0) is 14.3 Å². The van der Waals surface area contributed by atoms with E-state index >= 15 is 0 Å². The fourth-order valence-corrected chi connectivity index (χ4v) is 3.80. The van der Waals surface area contributed by atoms with Crippen molar-refractivity contribution in [2.45, 2.75) is 55.4 Å². The summed E-state index contributed by atoms with van der Waals surface area (Å²) in [5.74, 6) is -1.10. The largest absolute Gasteiger partial charge is 0.394 e. The van der Waals surface area contributed by atoms with Gasteiger partial charge in [0.15, 0.2) is 0 Å². The summed E-state index contributed by atoms with van der Waals surface area (Å²) in [6.45, 7) is 0.631. The number of amides is 2. The second-order valence-electron chi connectivity index (χ2n) is 6.26. The topological polar surface area (TPSA) is 166 Å². The van der Waals surface area contributed by atoms with E-state index in [4.69, 9.17) is 10.5 Å². The first-order valence-corrected chi connectivity index (χ1v) is 7.78. The van der Waals surface area contributed by atoms with Crippen molar-refractivity contribution in [2.24, 2.45) is 5.73 Å². The Hall–Kier alpha value is -1.30. The molecule has 2 amide bonds. The molecule has 0 aromatic rings. The molecule has 0 aliphatic carbocycles. The third-order valence-corrected chi connectivity index (χ3v) is 4.92. The number of nitrogens with zero attached hydrogens (tertiary/aromatic N) is 1. The maximum atomic E-state index is 12.4. The predicted molar refractivity (Wildman–Crippen MR) is 80.5 cm³/mol. The predicted octanol–water partition coefficient (Wildman–Crippen LogP) is -4.11. The molecular weight excluding hydrogens is 322 g/mol. The van der Waals surface area contributed by atoms with Crippen molar-refractivity contribution in [1.29, 1.82) is 0 Å². The van der Waals surface area contributed by atoms with E-state index in [0.717, 1.165) is 4.90 Å². The number of hydrogen-bond donors (Lipinski definition) is 6. The van der Waals surface area contributed by atoms with E-state index in [2.05, 4.69) is 5.32 Å². The molecule has 2 saturated heterocycles. The Labute approximate surface area is 139 Å². The van der Waals surface area contributed by atoms with Crippen molar-refractivity contribution in [3.63, 3.8) is 0 Å². The lowest BCUT2D eigenvalue weighted by Gasteiger charge is -2.49. The van der Waals surface area contributed by atoms with Crippen LogP contribution < -0.4 is 11.1 Å². The summed E-state index contributed by atoms with van der Waals surface area (Å²) in [4.78, 5) is 25.6.